The van der Waals surface area contributed by atoms with Crippen molar-refractivity contribution < 1.29 is 23.9 Å². The molecule has 4 N–H and O–H groups in total. The molecule has 2 amide bonds. The summed E-state index contributed by atoms with van der Waals surface area (Å²) < 4.78 is 15.9. The zero-order chi connectivity index (χ0) is 28.2. The number of amides is 2. The second-order valence-electron chi connectivity index (χ2n) is 10.7. The third kappa shape index (κ3) is 3.92. The van der Waals surface area contributed by atoms with Crippen LogP contribution in [-0.2, 0) is 15.0 Å². The summed E-state index contributed by atoms with van der Waals surface area (Å²) in [5.74, 6) is -3.64. The minimum atomic E-state index is -1.34. The number of nitrogens with one attached hydrogen (secondary N) is 3. The molecule has 3 aromatic carbocycles. The fourth-order valence-electron chi connectivity index (χ4n) is 7.17. The number of fused-ring (bicyclic) bond motifs is 3. The van der Waals surface area contributed by atoms with Crippen molar-refractivity contribution in [1.29, 1.82) is 0 Å². The van der Waals surface area contributed by atoms with E-state index in [0.29, 0.717) is 29.1 Å². The fourth-order valence-corrected chi connectivity index (χ4v) is 7.52. The van der Waals surface area contributed by atoms with Gasteiger partial charge in [0.2, 0.25) is 11.8 Å². The van der Waals surface area contributed by atoms with Crippen LogP contribution in [-0.4, -0.2) is 34.5 Å². The third-order valence-corrected chi connectivity index (χ3v) is 9.21. The molecule has 3 atom stereocenters. The highest BCUT2D eigenvalue weighted by Crippen LogP contribution is 2.62. The number of aromatic carboxylic acids is 1. The van der Waals surface area contributed by atoms with E-state index in [-0.39, 0.29) is 27.7 Å². The van der Waals surface area contributed by atoms with Crippen LogP contribution in [0.1, 0.15) is 59.5 Å². The average molecular weight is 582 g/mol. The van der Waals surface area contributed by atoms with Crippen molar-refractivity contribution in [3.63, 3.8) is 0 Å². The predicted molar refractivity (Wildman–Crippen MR) is 151 cm³/mol. The maximum Gasteiger partial charge on any atom is 0.335 e. The van der Waals surface area contributed by atoms with Crippen molar-refractivity contribution in [2.24, 2.45) is 0 Å². The van der Waals surface area contributed by atoms with E-state index >= 15 is 4.39 Å². The number of hydrogen-bond acceptors (Lipinski definition) is 4. The lowest BCUT2D eigenvalue weighted by Gasteiger charge is -2.47. The van der Waals surface area contributed by atoms with Crippen LogP contribution in [0, 0.1) is 5.82 Å². The quantitative estimate of drug-likeness (QED) is 0.297. The average Bonchev–Trinajstić information content (AvgIpc) is 3.38. The molecule has 1 unspecified atom stereocenters. The fraction of sp³-hybridized carbons (Fsp3) is 0.300. The van der Waals surface area contributed by atoms with Gasteiger partial charge in [-0.25, -0.2) is 9.18 Å². The molecular weight excluding hydrogens is 556 g/mol. The van der Waals surface area contributed by atoms with Gasteiger partial charge in [0, 0.05) is 27.9 Å². The molecular formula is C30H26Cl2FN3O4. The molecule has 3 aromatic rings. The normalized spacial score (nSPS) is 24.6. The van der Waals surface area contributed by atoms with Crippen LogP contribution < -0.4 is 16.0 Å². The van der Waals surface area contributed by atoms with Crippen LogP contribution in [0.25, 0.3) is 0 Å². The van der Waals surface area contributed by atoms with Crippen molar-refractivity contribution in [2.45, 2.75) is 55.0 Å². The number of carboxylic acids is 1. The Hall–Kier alpha value is -3.46. The molecule has 1 aliphatic carbocycles. The zero-order valence-corrected chi connectivity index (χ0v) is 22.8. The van der Waals surface area contributed by atoms with E-state index in [9.17, 15) is 19.5 Å². The molecule has 10 heteroatoms. The molecule has 7 nitrogen and oxygen atoms in total. The van der Waals surface area contributed by atoms with Gasteiger partial charge in [0.15, 0.2) is 0 Å². The smallest absolute Gasteiger partial charge is 0.335 e. The highest BCUT2D eigenvalue weighted by atomic mass is 35.5. The van der Waals surface area contributed by atoms with Crippen LogP contribution in [0.4, 0.5) is 15.8 Å². The molecule has 6 rings (SSSR count). The highest BCUT2D eigenvalue weighted by Gasteiger charge is 2.72. The lowest BCUT2D eigenvalue weighted by molar-refractivity contribution is -0.124. The highest BCUT2D eigenvalue weighted by molar-refractivity contribution is 6.31. The van der Waals surface area contributed by atoms with Crippen molar-refractivity contribution >= 4 is 52.4 Å². The Morgan fingerprint density at radius 2 is 1.75 bits per heavy atom. The Balaban J connectivity index is 1.56. The molecule has 2 spiro atoms. The van der Waals surface area contributed by atoms with Gasteiger partial charge in [-0.05, 0) is 60.4 Å². The maximum atomic E-state index is 15.9. The van der Waals surface area contributed by atoms with Gasteiger partial charge in [-0.3, -0.25) is 14.9 Å². The molecule has 1 saturated heterocycles. The van der Waals surface area contributed by atoms with E-state index in [1.165, 1.54) is 24.3 Å². The summed E-state index contributed by atoms with van der Waals surface area (Å²) in [7, 11) is 0. The van der Waals surface area contributed by atoms with E-state index in [1.807, 2.05) is 0 Å². The predicted octanol–water partition coefficient (Wildman–Crippen LogP) is 6.12. The Kier molecular flexibility index (Phi) is 6.60. The number of hydrogen-bond donors (Lipinski definition) is 4. The monoisotopic (exact) mass is 581 g/mol. The Morgan fingerprint density at radius 1 is 1.00 bits per heavy atom. The molecule has 2 aliphatic heterocycles. The molecule has 206 valence electrons. The Bertz CT molecular complexity index is 1560. The van der Waals surface area contributed by atoms with Crippen molar-refractivity contribution in [2.75, 3.05) is 10.6 Å². The molecule has 0 radical (unpaired) electrons. The van der Waals surface area contributed by atoms with E-state index in [2.05, 4.69) is 16.0 Å². The molecule has 2 fully saturated rings. The van der Waals surface area contributed by atoms with Crippen molar-refractivity contribution in [1.82, 2.24) is 5.32 Å². The SMILES string of the molecule is O=C(O)c1cccc(NC(=O)[C@@H]2NC3(CCCCC3)C3(C(=O)Nc4cc(Cl)ccc43)[C@H]2c2cccc(Cl)c2F)c1. The first kappa shape index (κ1) is 26.7. The first-order chi connectivity index (χ1) is 19.2. The minimum absolute atomic E-state index is 0.0100. The largest absolute Gasteiger partial charge is 0.478 e. The second kappa shape index (κ2) is 9.87. The minimum Gasteiger partial charge on any atom is -0.478 e. The van der Waals surface area contributed by atoms with Gasteiger partial charge in [0.1, 0.15) is 11.2 Å². The van der Waals surface area contributed by atoms with Gasteiger partial charge in [-0.15, -0.1) is 0 Å². The maximum absolute atomic E-state index is 15.9. The first-order valence-electron chi connectivity index (χ1n) is 13.2. The molecule has 2 heterocycles. The van der Waals surface area contributed by atoms with Crippen LogP contribution >= 0.6 is 23.2 Å². The van der Waals surface area contributed by atoms with E-state index in [0.717, 1.165) is 19.3 Å². The molecule has 40 heavy (non-hydrogen) atoms. The first-order valence-corrected chi connectivity index (χ1v) is 13.9. The summed E-state index contributed by atoms with van der Waals surface area (Å²) in [6, 6.07) is 14.6. The topological polar surface area (TPSA) is 108 Å². The summed E-state index contributed by atoms with van der Waals surface area (Å²) in [5.41, 5.74) is -0.576. The Labute approximate surface area is 240 Å². The number of carbonyl (C=O) groups is 3. The molecule has 0 aromatic heterocycles. The van der Waals surface area contributed by atoms with E-state index in [1.54, 1.807) is 36.4 Å². The van der Waals surface area contributed by atoms with Gasteiger partial charge in [0.05, 0.1) is 16.6 Å². The van der Waals surface area contributed by atoms with Gasteiger partial charge in [-0.1, -0.05) is 66.7 Å². The van der Waals surface area contributed by atoms with Gasteiger partial charge < -0.3 is 15.7 Å². The second-order valence-corrected chi connectivity index (χ2v) is 11.6. The summed E-state index contributed by atoms with van der Waals surface area (Å²) >= 11 is 12.6. The number of anilines is 2. The number of carboxylic acid groups (broad SMARTS) is 1. The summed E-state index contributed by atoms with van der Waals surface area (Å²) in [5, 5.41) is 19.1. The van der Waals surface area contributed by atoms with Crippen LogP contribution in [0.3, 0.4) is 0 Å². The van der Waals surface area contributed by atoms with Crippen LogP contribution in [0.2, 0.25) is 10.0 Å². The van der Waals surface area contributed by atoms with E-state index in [4.69, 9.17) is 23.2 Å². The van der Waals surface area contributed by atoms with Gasteiger partial charge in [-0.2, -0.15) is 0 Å². The lowest BCUT2D eigenvalue weighted by atomic mass is 9.55. The summed E-state index contributed by atoms with van der Waals surface area (Å²) in [6.45, 7) is 0. The van der Waals surface area contributed by atoms with Gasteiger partial charge >= 0.3 is 5.97 Å². The standard InChI is InChI=1S/C30H26Cl2FN3O4/c31-17-10-11-20-22(15-17)35-28(40)30(20)23(19-8-5-9-21(32)24(19)33)25(36-29(30)12-2-1-3-13-29)26(37)34-18-7-4-6-16(14-18)27(38)39/h4-11,14-15,23,25,36H,1-3,12-13H2,(H,34,37)(H,35,40)(H,38,39)/t23-,25+,30?/m0/s1. The number of carbonyl (C=O) groups excluding carboxylic acids is 2. The van der Waals surface area contributed by atoms with E-state index < -0.39 is 40.6 Å². The van der Waals surface area contributed by atoms with Crippen molar-refractivity contribution in [3.8, 4) is 0 Å². The third-order valence-electron chi connectivity index (χ3n) is 8.68. The lowest BCUT2D eigenvalue weighted by Crippen LogP contribution is -2.60. The number of benzene rings is 3. The summed E-state index contributed by atoms with van der Waals surface area (Å²) in [4.78, 5) is 39.9. The molecule has 3 aliphatic rings. The number of halogens is 3. The molecule has 0 bridgehead atoms. The Morgan fingerprint density at radius 3 is 2.50 bits per heavy atom. The summed E-state index contributed by atoms with van der Waals surface area (Å²) in [6.07, 6.45) is 3.82. The van der Waals surface area contributed by atoms with Gasteiger partial charge in [0.25, 0.3) is 0 Å². The molecule has 1 saturated carbocycles. The van der Waals surface area contributed by atoms with Crippen molar-refractivity contribution in [3.05, 3.63) is 93.2 Å². The zero-order valence-electron chi connectivity index (χ0n) is 21.3. The number of rotatable bonds is 4. The van der Waals surface area contributed by atoms with Crippen LogP contribution in [0.15, 0.2) is 60.7 Å². The van der Waals surface area contributed by atoms with Crippen LogP contribution in [0.5, 0.6) is 0 Å².